The second-order valence-corrected chi connectivity index (χ2v) is 11.2. The van der Waals surface area contributed by atoms with Crippen LogP contribution in [0.5, 0.6) is 5.75 Å². The minimum Gasteiger partial charge on any atom is -0.494 e. The second kappa shape index (κ2) is 11.2. The molecule has 2 aromatic heterocycles. The zero-order valence-electron chi connectivity index (χ0n) is 24.0. The van der Waals surface area contributed by atoms with E-state index in [0.29, 0.717) is 29.0 Å². The Morgan fingerprint density at radius 1 is 1.22 bits per heavy atom. The van der Waals surface area contributed by atoms with Gasteiger partial charge in [0.1, 0.15) is 5.75 Å². The molecule has 4 aromatic rings. The minimum atomic E-state index is -0.265. The summed E-state index contributed by atoms with van der Waals surface area (Å²) >= 11 is 0. The van der Waals surface area contributed by atoms with Crippen molar-refractivity contribution in [2.24, 2.45) is 5.92 Å². The maximum absolute atomic E-state index is 12.4. The highest BCUT2D eigenvalue weighted by Crippen LogP contribution is 2.41. The number of carbonyl (C=O) groups is 1. The normalized spacial score (nSPS) is 14.7. The first-order chi connectivity index (χ1) is 19.9. The smallest absolute Gasteiger partial charge is 0.247 e. The van der Waals surface area contributed by atoms with E-state index in [9.17, 15) is 4.79 Å². The van der Waals surface area contributed by atoms with E-state index in [-0.39, 0.29) is 5.91 Å². The summed E-state index contributed by atoms with van der Waals surface area (Å²) in [4.78, 5) is 26.2. The third kappa shape index (κ3) is 5.37. The van der Waals surface area contributed by atoms with Crippen molar-refractivity contribution in [2.75, 3.05) is 56.4 Å². The fourth-order valence-corrected chi connectivity index (χ4v) is 5.92. The highest BCUT2D eigenvalue weighted by molar-refractivity contribution is 6.02. The van der Waals surface area contributed by atoms with Crippen LogP contribution in [0.2, 0.25) is 0 Å². The lowest BCUT2D eigenvalue weighted by molar-refractivity contribution is -0.111. The Morgan fingerprint density at radius 2 is 2.07 bits per heavy atom. The number of para-hydroxylation sites is 1. The summed E-state index contributed by atoms with van der Waals surface area (Å²) < 4.78 is 8.14. The molecule has 212 valence electrons. The van der Waals surface area contributed by atoms with Crippen molar-refractivity contribution >= 4 is 39.8 Å². The lowest BCUT2D eigenvalue weighted by Crippen LogP contribution is -2.48. The Kier molecular flexibility index (Phi) is 7.36. The van der Waals surface area contributed by atoms with Crippen molar-refractivity contribution in [1.29, 1.82) is 0 Å². The number of amides is 1. The van der Waals surface area contributed by atoms with Crippen LogP contribution in [0.3, 0.4) is 0 Å². The molecule has 9 nitrogen and oxygen atoms in total. The molecular weight excluding hydrogens is 514 g/mol. The quantitative estimate of drug-likeness (QED) is 0.258. The maximum Gasteiger partial charge on any atom is 0.247 e. The highest BCUT2D eigenvalue weighted by Gasteiger charge is 2.29. The first kappa shape index (κ1) is 26.8. The zero-order valence-corrected chi connectivity index (χ0v) is 24.0. The molecule has 1 amide bonds. The summed E-state index contributed by atoms with van der Waals surface area (Å²) in [6.07, 6.45) is 8.64. The van der Waals surface area contributed by atoms with Gasteiger partial charge in [0.05, 0.1) is 35.4 Å². The Morgan fingerprint density at radius 3 is 2.85 bits per heavy atom. The van der Waals surface area contributed by atoms with Crippen molar-refractivity contribution in [2.45, 2.75) is 25.8 Å². The van der Waals surface area contributed by atoms with Gasteiger partial charge < -0.3 is 29.7 Å². The topological polar surface area (TPSA) is 87.5 Å². The van der Waals surface area contributed by atoms with E-state index in [2.05, 4.69) is 75.1 Å². The monoisotopic (exact) mass is 551 g/mol. The maximum atomic E-state index is 12.4. The van der Waals surface area contributed by atoms with Crippen LogP contribution in [0, 0.1) is 5.92 Å². The number of hydrogen-bond donors (Lipinski definition) is 2. The molecule has 0 bridgehead atoms. The van der Waals surface area contributed by atoms with Crippen LogP contribution in [0.4, 0.5) is 23.0 Å². The summed E-state index contributed by atoms with van der Waals surface area (Å²) in [7, 11) is 5.85. The number of aromatic nitrogens is 3. The molecule has 2 aliphatic rings. The number of ether oxygens (including phenoxy) is 1. The molecule has 1 fully saturated rings. The predicted molar refractivity (Wildman–Crippen MR) is 165 cm³/mol. The van der Waals surface area contributed by atoms with Crippen molar-refractivity contribution < 1.29 is 9.53 Å². The van der Waals surface area contributed by atoms with Crippen LogP contribution in [0.1, 0.15) is 18.4 Å². The fourth-order valence-electron chi connectivity index (χ4n) is 5.92. The lowest BCUT2D eigenvalue weighted by atomic mass is 9.95. The summed E-state index contributed by atoms with van der Waals surface area (Å²) in [5, 5.41) is 7.54. The van der Waals surface area contributed by atoms with Crippen molar-refractivity contribution in [3.8, 4) is 17.0 Å². The van der Waals surface area contributed by atoms with Gasteiger partial charge in [-0.15, -0.1) is 0 Å². The number of benzene rings is 2. The number of nitrogens with one attached hydrogen (secondary N) is 2. The third-order valence-electron chi connectivity index (χ3n) is 8.05. The van der Waals surface area contributed by atoms with Gasteiger partial charge in [-0.05, 0) is 69.6 Å². The first-order valence-electron chi connectivity index (χ1n) is 14.2. The van der Waals surface area contributed by atoms with Gasteiger partial charge in [0.25, 0.3) is 0 Å². The number of rotatable bonds is 10. The average molecular weight is 552 g/mol. The van der Waals surface area contributed by atoms with E-state index in [4.69, 9.17) is 9.72 Å². The molecule has 0 atom stereocenters. The van der Waals surface area contributed by atoms with E-state index in [0.717, 1.165) is 62.4 Å². The van der Waals surface area contributed by atoms with Crippen molar-refractivity contribution in [3.05, 3.63) is 67.0 Å². The van der Waals surface area contributed by atoms with Crippen molar-refractivity contribution in [3.63, 3.8) is 0 Å². The third-order valence-corrected chi connectivity index (χ3v) is 8.05. The number of hydrogen-bond acceptors (Lipinski definition) is 7. The Hall–Kier alpha value is -4.37. The van der Waals surface area contributed by atoms with Crippen LogP contribution in [0.25, 0.3) is 22.2 Å². The summed E-state index contributed by atoms with van der Waals surface area (Å²) in [5.74, 6) is 1.45. The van der Waals surface area contributed by atoms with Crippen LogP contribution >= 0.6 is 0 Å². The SMILES string of the molecule is C=CC(=O)Nc1cc(Nc2nccc(-c3cn4c5c(cccc35)CCC4)n2)c(OC)cc1N1CC(CCN(C)C)C1. The number of aryl methyl sites for hydroxylation is 2. The zero-order chi connectivity index (χ0) is 28.5. The van der Waals surface area contributed by atoms with Gasteiger partial charge in [-0.2, -0.15) is 0 Å². The molecule has 9 heteroatoms. The molecular formula is C32H37N7O2. The van der Waals surface area contributed by atoms with E-state index in [1.165, 1.54) is 22.5 Å². The van der Waals surface area contributed by atoms with Gasteiger partial charge in [0.15, 0.2) is 0 Å². The van der Waals surface area contributed by atoms with Gasteiger partial charge >= 0.3 is 0 Å². The van der Waals surface area contributed by atoms with Crippen LogP contribution in [0.15, 0.2) is 61.4 Å². The molecule has 0 saturated carbocycles. The number of nitrogens with zero attached hydrogens (tertiary/aromatic N) is 5. The summed E-state index contributed by atoms with van der Waals surface area (Å²) in [5.41, 5.74) is 6.92. The summed E-state index contributed by atoms with van der Waals surface area (Å²) in [6.45, 7) is 7.57. The number of anilines is 4. The summed E-state index contributed by atoms with van der Waals surface area (Å²) in [6, 6.07) is 12.3. The van der Waals surface area contributed by atoms with E-state index in [1.54, 1.807) is 13.3 Å². The number of carbonyl (C=O) groups excluding carboxylic acids is 1. The van der Waals surface area contributed by atoms with Crippen molar-refractivity contribution in [1.82, 2.24) is 19.4 Å². The van der Waals surface area contributed by atoms with Crippen LogP contribution < -0.4 is 20.3 Å². The van der Waals surface area contributed by atoms with Gasteiger partial charge in [-0.25, -0.2) is 9.97 Å². The van der Waals surface area contributed by atoms with Crippen LogP contribution in [-0.2, 0) is 17.8 Å². The Labute approximate surface area is 240 Å². The largest absolute Gasteiger partial charge is 0.494 e. The number of methoxy groups -OCH3 is 1. The van der Waals surface area contributed by atoms with Crippen LogP contribution in [-0.4, -0.2) is 66.2 Å². The molecule has 6 rings (SSSR count). The Bertz CT molecular complexity index is 1600. The molecule has 2 N–H and O–H groups in total. The molecule has 4 heterocycles. The first-order valence-corrected chi connectivity index (χ1v) is 14.2. The molecule has 0 radical (unpaired) electrons. The predicted octanol–water partition coefficient (Wildman–Crippen LogP) is 5.31. The van der Waals surface area contributed by atoms with Gasteiger partial charge in [0.2, 0.25) is 11.9 Å². The molecule has 0 aliphatic carbocycles. The fraction of sp³-hybridized carbons (Fsp3) is 0.344. The molecule has 1 saturated heterocycles. The Balaban J connectivity index is 1.30. The second-order valence-electron chi connectivity index (χ2n) is 11.2. The van der Waals surface area contributed by atoms with Gasteiger partial charge in [-0.1, -0.05) is 24.8 Å². The standard InChI is InChI=1S/C32H37N7O2/c1-5-30(40)34-26-16-27(29(41-4)17-28(26)39-18-21(19-39)12-15-37(2)3)36-32-33-13-11-25(35-32)24-20-38-14-7-9-22-8-6-10-23(24)31(22)38/h5-6,8,10-11,13,16-17,20-21H,1,7,9,12,14-15,18-19H2,2-4H3,(H,34,40)(H,33,35,36). The van der Waals surface area contributed by atoms with E-state index < -0.39 is 0 Å². The van der Waals surface area contributed by atoms with Gasteiger partial charge in [-0.3, -0.25) is 4.79 Å². The lowest BCUT2D eigenvalue weighted by Gasteiger charge is -2.42. The average Bonchev–Trinajstić information content (AvgIpc) is 3.33. The molecule has 2 aliphatic heterocycles. The molecule has 41 heavy (non-hydrogen) atoms. The van der Waals surface area contributed by atoms with Gasteiger partial charge in [0, 0.05) is 49.0 Å². The molecule has 2 aromatic carbocycles. The highest BCUT2D eigenvalue weighted by atomic mass is 16.5. The van der Waals surface area contributed by atoms with E-state index >= 15 is 0 Å². The minimum absolute atomic E-state index is 0.265. The molecule has 0 unspecified atom stereocenters. The van der Waals surface area contributed by atoms with E-state index in [1.807, 2.05) is 18.2 Å². The molecule has 0 spiro atoms.